The van der Waals surface area contributed by atoms with E-state index in [2.05, 4.69) is 21.0 Å². The first-order valence-electron chi connectivity index (χ1n) is 12.9. The normalized spacial score (nSPS) is 13.7. The second-order valence-electron chi connectivity index (χ2n) is 9.63. The molecule has 0 N–H and O–H groups in total. The number of nitrogens with zero attached hydrogens (tertiary/aromatic N) is 1. The van der Waals surface area contributed by atoms with Gasteiger partial charge in [0, 0.05) is 21.3 Å². The van der Waals surface area contributed by atoms with Gasteiger partial charge in [-0.15, -0.1) is 0 Å². The lowest BCUT2D eigenvalue weighted by Crippen LogP contribution is -2.67. The van der Waals surface area contributed by atoms with Crippen molar-refractivity contribution in [2.45, 2.75) is 129 Å². The summed E-state index contributed by atoms with van der Waals surface area (Å²) < 4.78 is 17.8. The third-order valence-corrected chi connectivity index (χ3v) is 6.87. The molecule has 0 aromatic heterocycles. The molecule has 182 valence electrons. The molecule has 0 aliphatic rings. The number of hydrogen-bond acceptors (Lipinski definition) is 3. The third-order valence-electron chi connectivity index (χ3n) is 6.87. The van der Waals surface area contributed by atoms with Crippen molar-refractivity contribution in [1.82, 2.24) is 0 Å². The fourth-order valence-corrected chi connectivity index (χ4v) is 4.76. The van der Waals surface area contributed by atoms with Crippen LogP contribution in [0.3, 0.4) is 0 Å². The van der Waals surface area contributed by atoms with Crippen LogP contribution < -0.4 is 0 Å². The molecule has 0 fully saturated rings. The maximum absolute atomic E-state index is 5.81. The Balaban J connectivity index is 3.69. The number of quaternary nitrogens is 1. The molecule has 0 amide bonds. The van der Waals surface area contributed by atoms with Crippen LogP contribution in [-0.2, 0) is 14.2 Å². The molecule has 0 aromatic rings. The Morgan fingerprint density at radius 3 is 1.23 bits per heavy atom. The summed E-state index contributed by atoms with van der Waals surface area (Å²) in [6.07, 6.45) is 22.2. The average Bonchev–Trinajstić information content (AvgIpc) is 2.74. The quantitative estimate of drug-likeness (QED) is 0.102. The highest BCUT2D eigenvalue weighted by Crippen LogP contribution is 2.29. The van der Waals surface area contributed by atoms with Crippen molar-refractivity contribution >= 4 is 0 Å². The Morgan fingerprint density at radius 1 is 0.600 bits per heavy atom. The standard InChI is InChI=1S/C26H56NO3/c1-8-9-10-11-12-13-14-15-16-17-18-19-20-21-22-23-24-27(3,4)26(29-6,30-7)25(2)28-5/h25H,8-24H2,1-7H3/q+1. The Labute approximate surface area is 189 Å². The summed E-state index contributed by atoms with van der Waals surface area (Å²) in [7, 11) is 9.49. The van der Waals surface area contributed by atoms with E-state index in [1.165, 1.54) is 103 Å². The summed E-state index contributed by atoms with van der Waals surface area (Å²) in [5, 5.41) is 0. The van der Waals surface area contributed by atoms with Crippen LogP contribution in [0.2, 0.25) is 0 Å². The van der Waals surface area contributed by atoms with Gasteiger partial charge in [-0.1, -0.05) is 96.8 Å². The lowest BCUT2D eigenvalue weighted by Gasteiger charge is -2.47. The second kappa shape index (κ2) is 18.4. The number of likely N-dealkylation sites (N-methyl/N-ethyl adjacent to an activating group) is 1. The Morgan fingerprint density at radius 2 is 0.933 bits per heavy atom. The van der Waals surface area contributed by atoms with Gasteiger partial charge in [0.05, 0.1) is 20.6 Å². The number of rotatable bonds is 22. The van der Waals surface area contributed by atoms with Gasteiger partial charge in [0.25, 0.3) is 0 Å². The minimum absolute atomic E-state index is 0.136. The van der Waals surface area contributed by atoms with Crippen molar-refractivity contribution in [3.63, 3.8) is 0 Å². The summed E-state index contributed by atoms with van der Waals surface area (Å²) in [5.41, 5.74) is 0. The van der Waals surface area contributed by atoms with Crippen molar-refractivity contribution in [3.8, 4) is 0 Å². The van der Waals surface area contributed by atoms with Gasteiger partial charge in [0.1, 0.15) is 0 Å². The summed E-state index contributed by atoms with van der Waals surface area (Å²) >= 11 is 0. The Bertz CT molecular complexity index is 369. The van der Waals surface area contributed by atoms with Crippen LogP contribution in [0, 0.1) is 0 Å². The maximum atomic E-state index is 5.81. The van der Waals surface area contributed by atoms with Gasteiger partial charge < -0.3 is 14.2 Å². The van der Waals surface area contributed by atoms with E-state index < -0.39 is 5.91 Å². The zero-order valence-corrected chi connectivity index (χ0v) is 21.8. The van der Waals surface area contributed by atoms with Crippen LogP contribution in [0.1, 0.15) is 117 Å². The zero-order chi connectivity index (χ0) is 22.7. The Kier molecular flexibility index (Phi) is 18.3. The molecule has 0 aromatic carbocycles. The molecule has 4 heteroatoms. The molecule has 0 saturated carbocycles. The van der Waals surface area contributed by atoms with E-state index in [0.29, 0.717) is 4.48 Å². The molecule has 0 heterocycles. The number of methoxy groups -OCH3 is 3. The second-order valence-corrected chi connectivity index (χ2v) is 9.63. The summed E-state index contributed by atoms with van der Waals surface area (Å²) in [4.78, 5) is 0. The SMILES string of the molecule is CCCCCCCCCCCCCCCCCC[N+](C)(C)C(OC)(OC)C(C)OC. The maximum Gasteiger partial charge on any atom is 0.345 e. The summed E-state index contributed by atoms with van der Waals surface area (Å²) in [6.45, 7) is 5.33. The highest BCUT2D eigenvalue weighted by molar-refractivity contribution is 4.67. The molecule has 0 aliphatic heterocycles. The van der Waals surface area contributed by atoms with Gasteiger partial charge in [0.15, 0.2) is 6.10 Å². The van der Waals surface area contributed by atoms with Crippen LogP contribution in [0.4, 0.5) is 0 Å². The van der Waals surface area contributed by atoms with Crippen molar-refractivity contribution in [3.05, 3.63) is 0 Å². The van der Waals surface area contributed by atoms with Crippen LogP contribution >= 0.6 is 0 Å². The van der Waals surface area contributed by atoms with E-state index in [1.54, 1.807) is 21.3 Å². The van der Waals surface area contributed by atoms with Crippen LogP contribution in [0.15, 0.2) is 0 Å². The first-order chi connectivity index (χ1) is 14.4. The van der Waals surface area contributed by atoms with E-state index in [-0.39, 0.29) is 6.10 Å². The molecule has 0 bridgehead atoms. The predicted molar refractivity (Wildman–Crippen MR) is 130 cm³/mol. The smallest absolute Gasteiger partial charge is 0.345 e. The van der Waals surface area contributed by atoms with E-state index in [9.17, 15) is 0 Å². The molecular formula is C26H56NO3+. The van der Waals surface area contributed by atoms with E-state index in [1.807, 2.05) is 6.92 Å². The van der Waals surface area contributed by atoms with Crippen LogP contribution in [0.5, 0.6) is 0 Å². The lowest BCUT2D eigenvalue weighted by atomic mass is 10.0. The highest BCUT2D eigenvalue weighted by atomic mass is 16.7. The number of unbranched alkanes of at least 4 members (excludes halogenated alkanes) is 15. The molecule has 1 unspecified atom stereocenters. The highest BCUT2D eigenvalue weighted by Gasteiger charge is 2.52. The number of hydrogen-bond donors (Lipinski definition) is 0. The van der Waals surface area contributed by atoms with E-state index in [4.69, 9.17) is 14.2 Å². The molecule has 1 atom stereocenters. The molecule has 0 aliphatic carbocycles. The summed E-state index contributed by atoms with van der Waals surface area (Å²) in [5.74, 6) is -0.760. The molecule has 30 heavy (non-hydrogen) atoms. The molecule has 0 radical (unpaired) electrons. The van der Waals surface area contributed by atoms with Crippen LogP contribution in [-0.4, -0.2) is 58.5 Å². The molecule has 0 rings (SSSR count). The molecule has 0 spiro atoms. The number of ether oxygens (including phenoxy) is 3. The van der Waals surface area contributed by atoms with E-state index in [0.717, 1.165) is 6.54 Å². The van der Waals surface area contributed by atoms with Crippen molar-refractivity contribution < 1.29 is 18.7 Å². The van der Waals surface area contributed by atoms with Gasteiger partial charge in [-0.2, -0.15) is 0 Å². The first kappa shape index (κ1) is 29.8. The molecular weight excluding hydrogens is 374 g/mol. The van der Waals surface area contributed by atoms with Gasteiger partial charge in [-0.25, -0.2) is 0 Å². The first-order valence-corrected chi connectivity index (χ1v) is 12.9. The average molecular weight is 431 g/mol. The molecule has 0 saturated heterocycles. The van der Waals surface area contributed by atoms with Gasteiger partial charge in [0.2, 0.25) is 0 Å². The largest absolute Gasteiger partial charge is 0.369 e. The minimum atomic E-state index is -0.760. The van der Waals surface area contributed by atoms with Crippen molar-refractivity contribution in [1.29, 1.82) is 0 Å². The van der Waals surface area contributed by atoms with Gasteiger partial charge in [-0.3, -0.25) is 4.48 Å². The lowest BCUT2D eigenvalue weighted by molar-refractivity contribution is -0.999. The Hall–Kier alpha value is -0.160. The zero-order valence-electron chi connectivity index (χ0n) is 21.8. The van der Waals surface area contributed by atoms with Gasteiger partial charge in [-0.05, 0) is 19.8 Å². The van der Waals surface area contributed by atoms with E-state index >= 15 is 0 Å². The monoisotopic (exact) mass is 430 g/mol. The van der Waals surface area contributed by atoms with Crippen molar-refractivity contribution in [2.75, 3.05) is 42.0 Å². The molecule has 4 nitrogen and oxygen atoms in total. The fraction of sp³-hybridized carbons (Fsp3) is 1.00. The minimum Gasteiger partial charge on any atom is -0.369 e. The fourth-order valence-electron chi connectivity index (χ4n) is 4.76. The van der Waals surface area contributed by atoms with Gasteiger partial charge >= 0.3 is 5.91 Å². The topological polar surface area (TPSA) is 27.7 Å². The predicted octanol–water partition coefficient (Wildman–Crippen LogP) is 7.31. The van der Waals surface area contributed by atoms with Crippen LogP contribution in [0.25, 0.3) is 0 Å². The summed E-state index contributed by atoms with van der Waals surface area (Å²) in [6, 6.07) is 0. The van der Waals surface area contributed by atoms with Crippen molar-refractivity contribution in [2.24, 2.45) is 0 Å². The third kappa shape index (κ3) is 11.5.